The number of carbonyl (C=O) groups is 2. The number of aryl methyl sites for hydroxylation is 1. The van der Waals surface area contributed by atoms with Crippen LogP contribution in [0.2, 0.25) is 0 Å². The van der Waals surface area contributed by atoms with Crippen LogP contribution in [0.3, 0.4) is 0 Å². The van der Waals surface area contributed by atoms with Crippen LogP contribution in [0.1, 0.15) is 11.3 Å². The minimum Gasteiger partial charge on any atom is -0.492 e. The molecule has 0 aliphatic carbocycles. The fourth-order valence-electron chi connectivity index (χ4n) is 3.54. The molecule has 4 rings (SSSR count). The summed E-state index contributed by atoms with van der Waals surface area (Å²) in [6.07, 6.45) is -0.962. The lowest BCUT2D eigenvalue weighted by Gasteiger charge is -2.09. The fourth-order valence-corrected chi connectivity index (χ4v) is 3.54. The summed E-state index contributed by atoms with van der Waals surface area (Å²) in [4.78, 5) is 27.1. The van der Waals surface area contributed by atoms with E-state index in [1.54, 1.807) is 12.3 Å². The number of nitrogens with zero attached hydrogens (tertiary/aromatic N) is 1. The Labute approximate surface area is 217 Å². The summed E-state index contributed by atoms with van der Waals surface area (Å²) < 4.78 is 19.4. The minimum atomic E-state index is -2.27. The molecule has 0 saturated heterocycles. The lowest BCUT2D eigenvalue weighted by molar-refractivity contribution is -0.165. The Balaban J connectivity index is 0.000000342. The summed E-state index contributed by atoms with van der Waals surface area (Å²) >= 11 is 0. The molecule has 2 aromatic heterocycles. The van der Waals surface area contributed by atoms with E-state index < -0.39 is 24.1 Å². The molecule has 2 atom stereocenters. The standard InChI is InChI=1S/C23H22FN3O.C4H6O6/c1-16-10-21-22(27-16)6-3-7-23(21)28-9-8-25-13-17-11-19(15-26-14-17)18-4-2-5-20(24)12-18;5-1(3(7)8)2(6)4(9)10/h2-7,10-12,14-15,25,27H,8-9,13H2,1H3;1-2,5-6H,(H,7,8)(H,9,10). The normalized spacial score (nSPS) is 12.3. The smallest absolute Gasteiger partial charge is 0.335 e. The van der Waals surface area contributed by atoms with Crippen molar-refractivity contribution in [2.75, 3.05) is 13.2 Å². The molecule has 2 unspecified atom stereocenters. The van der Waals surface area contributed by atoms with Gasteiger partial charge in [0.25, 0.3) is 0 Å². The van der Waals surface area contributed by atoms with Gasteiger partial charge in [-0.05, 0) is 54.4 Å². The number of aliphatic hydroxyl groups excluding tert-OH is 2. The number of hydrogen-bond acceptors (Lipinski definition) is 7. The largest absolute Gasteiger partial charge is 0.492 e. The van der Waals surface area contributed by atoms with E-state index in [1.165, 1.54) is 12.1 Å². The summed E-state index contributed by atoms with van der Waals surface area (Å²) in [5.41, 5.74) is 4.99. The van der Waals surface area contributed by atoms with Crippen LogP contribution in [-0.2, 0) is 16.1 Å². The van der Waals surface area contributed by atoms with Crippen molar-refractivity contribution < 1.29 is 39.1 Å². The average Bonchev–Trinajstić information content (AvgIpc) is 3.29. The molecule has 0 amide bonds. The molecule has 2 aromatic carbocycles. The van der Waals surface area contributed by atoms with Crippen LogP contribution in [0.25, 0.3) is 22.0 Å². The molecular formula is C27H28FN3O7. The van der Waals surface area contributed by atoms with Crippen LogP contribution in [0, 0.1) is 12.7 Å². The average molecular weight is 526 g/mol. The number of nitrogens with one attached hydrogen (secondary N) is 2. The van der Waals surface area contributed by atoms with Crippen LogP contribution in [0.5, 0.6) is 5.75 Å². The summed E-state index contributed by atoms with van der Waals surface area (Å²) in [5, 5.41) is 37.0. The molecule has 0 spiro atoms. The number of aliphatic carboxylic acids is 2. The van der Waals surface area contributed by atoms with Gasteiger partial charge in [-0.3, -0.25) is 4.98 Å². The molecule has 0 aliphatic rings. The lowest BCUT2D eigenvalue weighted by Crippen LogP contribution is -2.39. The number of H-pyrrole nitrogens is 1. The maximum Gasteiger partial charge on any atom is 0.335 e. The van der Waals surface area contributed by atoms with Gasteiger partial charge in [-0.25, -0.2) is 14.0 Å². The van der Waals surface area contributed by atoms with Crippen LogP contribution in [-0.4, -0.2) is 67.7 Å². The molecule has 38 heavy (non-hydrogen) atoms. The number of hydrogen-bond donors (Lipinski definition) is 6. The zero-order chi connectivity index (χ0) is 27.7. The number of aliphatic hydroxyl groups is 2. The van der Waals surface area contributed by atoms with Gasteiger partial charge in [-0.1, -0.05) is 18.2 Å². The first-order chi connectivity index (χ1) is 18.2. The topological polar surface area (TPSA) is 165 Å². The number of ether oxygens (including phenoxy) is 1. The maximum absolute atomic E-state index is 13.4. The maximum atomic E-state index is 13.4. The van der Waals surface area contributed by atoms with Gasteiger partial charge in [-0.15, -0.1) is 0 Å². The molecule has 0 bridgehead atoms. The third kappa shape index (κ3) is 7.84. The lowest BCUT2D eigenvalue weighted by atomic mass is 10.1. The molecule has 10 nitrogen and oxygen atoms in total. The third-order valence-corrected chi connectivity index (χ3v) is 5.38. The van der Waals surface area contributed by atoms with Crippen molar-refractivity contribution >= 4 is 22.8 Å². The SMILES string of the molecule is Cc1cc2c(OCCNCc3cncc(-c4cccc(F)c4)c3)cccc2[nH]1.O=C(O)C(O)C(O)C(=O)O. The highest BCUT2D eigenvalue weighted by Crippen LogP contribution is 2.26. The van der Waals surface area contributed by atoms with Crippen molar-refractivity contribution in [1.82, 2.24) is 15.3 Å². The summed E-state index contributed by atoms with van der Waals surface area (Å²) in [5.74, 6) is -2.89. The Hall–Kier alpha value is -4.32. The Morgan fingerprint density at radius 1 is 1.00 bits per heavy atom. The highest BCUT2D eigenvalue weighted by Gasteiger charge is 2.29. The molecule has 2 heterocycles. The quantitative estimate of drug-likeness (QED) is 0.171. The zero-order valence-corrected chi connectivity index (χ0v) is 20.5. The second kappa shape index (κ2) is 13.3. The van der Waals surface area contributed by atoms with E-state index in [0.29, 0.717) is 19.7 Å². The molecule has 11 heteroatoms. The first kappa shape index (κ1) is 28.3. The van der Waals surface area contributed by atoms with Crippen molar-refractivity contribution in [3.8, 4) is 16.9 Å². The molecule has 0 aliphatic heterocycles. The summed E-state index contributed by atoms with van der Waals surface area (Å²) in [6.45, 7) is 3.99. The predicted octanol–water partition coefficient (Wildman–Crippen LogP) is 2.72. The van der Waals surface area contributed by atoms with E-state index in [9.17, 15) is 14.0 Å². The van der Waals surface area contributed by atoms with Gasteiger partial charge in [0.1, 0.15) is 18.2 Å². The van der Waals surface area contributed by atoms with E-state index in [0.717, 1.165) is 39.0 Å². The van der Waals surface area contributed by atoms with Gasteiger partial charge in [0.05, 0.1) is 0 Å². The molecule has 0 radical (unpaired) electrons. The van der Waals surface area contributed by atoms with Gasteiger partial charge in [0, 0.05) is 47.6 Å². The number of carboxylic acid groups (broad SMARTS) is 2. The van der Waals surface area contributed by atoms with Crippen molar-refractivity contribution in [2.45, 2.75) is 25.7 Å². The van der Waals surface area contributed by atoms with Crippen LogP contribution in [0.15, 0.2) is 67.0 Å². The molecule has 200 valence electrons. The van der Waals surface area contributed by atoms with Gasteiger partial charge in [0.2, 0.25) is 0 Å². The number of benzene rings is 2. The van der Waals surface area contributed by atoms with Gasteiger partial charge >= 0.3 is 11.9 Å². The van der Waals surface area contributed by atoms with Crippen molar-refractivity contribution in [3.63, 3.8) is 0 Å². The molecule has 0 fully saturated rings. The van der Waals surface area contributed by atoms with E-state index in [4.69, 9.17) is 25.2 Å². The highest BCUT2D eigenvalue weighted by molar-refractivity contribution is 5.86. The number of halogens is 1. The number of carboxylic acids is 2. The molecule has 4 aromatic rings. The Morgan fingerprint density at radius 3 is 2.39 bits per heavy atom. The second-order valence-corrected chi connectivity index (χ2v) is 8.35. The first-order valence-corrected chi connectivity index (χ1v) is 11.6. The Bertz CT molecular complexity index is 1370. The molecule has 6 N–H and O–H groups in total. The fraction of sp³-hybridized carbons (Fsp3) is 0.222. The van der Waals surface area contributed by atoms with Crippen LogP contribution in [0.4, 0.5) is 4.39 Å². The number of fused-ring (bicyclic) bond motifs is 1. The second-order valence-electron chi connectivity index (χ2n) is 8.35. The minimum absolute atomic E-state index is 0.245. The van der Waals surface area contributed by atoms with Gasteiger partial charge < -0.3 is 35.5 Å². The Morgan fingerprint density at radius 2 is 1.71 bits per heavy atom. The monoisotopic (exact) mass is 525 g/mol. The van der Waals surface area contributed by atoms with Gasteiger partial charge in [0.15, 0.2) is 12.2 Å². The van der Waals surface area contributed by atoms with Crippen LogP contribution >= 0.6 is 0 Å². The summed E-state index contributed by atoms with van der Waals surface area (Å²) in [7, 11) is 0. The number of rotatable bonds is 10. The van der Waals surface area contributed by atoms with E-state index in [1.807, 2.05) is 43.5 Å². The van der Waals surface area contributed by atoms with Crippen molar-refractivity contribution in [1.29, 1.82) is 0 Å². The highest BCUT2D eigenvalue weighted by atomic mass is 19.1. The summed E-state index contributed by atoms with van der Waals surface area (Å²) in [6, 6.07) is 16.7. The van der Waals surface area contributed by atoms with E-state index in [-0.39, 0.29) is 5.82 Å². The number of aromatic nitrogens is 2. The third-order valence-electron chi connectivity index (χ3n) is 5.38. The first-order valence-electron chi connectivity index (χ1n) is 11.6. The number of aromatic amines is 1. The van der Waals surface area contributed by atoms with E-state index >= 15 is 0 Å². The van der Waals surface area contributed by atoms with Gasteiger partial charge in [-0.2, -0.15) is 0 Å². The Kier molecular flexibility index (Phi) is 9.88. The van der Waals surface area contributed by atoms with Crippen LogP contribution < -0.4 is 10.1 Å². The molecule has 0 saturated carbocycles. The zero-order valence-electron chi connectivity index (χ0n) is 20.5. The van der Waals surface area contributed by atoms with Crippen molar-refractivity contribution in [2.24, 2.45) is 0 Å². The molecular weight excluding hydrogens is 497 g/mol. The predicted molar refractivity (Wildman–Crippen MR) is 137 cm³/mol. The van der Waals surface area contributed by atoms with E-state index in [2.05, 4.69) is 21.4 Å². The van der Waals surface area contributed by atoms with Crippen molar-refractivity contribution in [3.05, 3.63) is 84.1 Å². The number of pyridine rings is 1.